The number of hydrogen-bond donors (Lipinski definition) is 1. The number of halogens is 3. The maximum Gasteiger partial charge on any atom is 0.573 e. The van der Waals surface area contributed by atoms with Crippen LogP contribution in [-0.4, -0.2) is 27.0 Å². The van der Waals surface area contributed by atoms with Gasteiger partial charge in [0.25, 0.3) is 0 Å². The van der Waals surface area contributed by atoms with Crippen molar-refractivity contribution in [1.82, 2.24) is 9.55 Å². The fourth-order valence-electron chi connectivity index (χ4n) is 5.54. The SMILES string of the molecule is C[C@H]1C[C@H](n2c([C@@H](C)c3ccc(OC(F)(F)F)cc3)nc3cc(C(=O)O)ccc32)CC(C)(C)C1. The van der Waals surface area contributed by atoms with Gasteiger partial charge in [-0.05, 0) is 66.5 Å². The zero-order chi connectivity index (χ0) is 24.8. The summed E-state index contributed by atoms with van der Waals surface area (Å²) >= 11 is 0. The van der Waals surface area contributed by atoms with Crippen molar-refractivity contribution < 1.29 is 27.8 Å². The highest BCUT2D eigenvalue weighted by atomic mass is 19.4. The molecule has 0 aliphatic heterocycles. The summed E-state index contributed by atoms with van der Waals surface area (Å²) in [6.07, 6.45) is -1.67. The minimum Gasteiger partial charge on any atom is -0.478 e. The molecule has 0 amide bonds. The summed E-state index contributed by atoms with van der Waals surface area (Å²) in [4.78, 5) is 16.4. The van der Waals surface area contributed by atoms with Crippen molar-refractivity contribution in [1.29, 1.82) is 0 Å². The van der Waals surface area contributed by atoms with Gasteiger partial charge in [0, 0.05) is 12.0 Å². The van der Waals surface area contributed by atoms with Crippen LogP contribution in [0.1, 0.15) is 80.7 Å². The van der Waals surface area contributed by atoms with Crippen molar-refractivity contribution in [3.8, 4) is 5.75 Å². The molecule has 182 valence electrons. The zero-order valence-electron chi connectivity index (χ0n) is 19.7. The number of aromatic carboxylic acids is 1. The van der Waals surface area contributed by atoms with Crippen LogP contribution in [0.2, 0.25) is 0 Å². The quantitative estimate of drug-likeness (QED) is 0.426. The molecule has 4 rings (SSSR count). The van der Waals surface area contributed by atoms with E-state index in [1.807, 2.05) is 13.0 Å². The summed E-state index contributed by atoms with van der Waals surface area (Å²) in [6.45, 7) is 8.74. The van der Waals surface area contributed by atoms with E-state index >= 15 is 0 Å². The molecule has 3 aromatic rings. The van der Waals surface area contributed by atoms with Gasteiger partial charge >= 0.3 is 12.3 Å². The fourth-order valence-corrected chi connectivity index (χ4v) is 5.54. The van der Waals surface area contributed by atoms with Crippen molar-refractivity contribution in [3.05, 3.63) is 59.4 Å². The van der Waals surface area contributed by atoms with Crippen molar-refractivity contribution in [3.63, 3.8) is 0 Å². The number of rotatable bonds is 5. The third-order valence-corrected chi connectivity index (χ3v) is 6.69. The number of aromatic nitrogens is 2. The predicted octanol–water partition coefficient (Wildman–Crippen LogP) is 7.17. The van der Waals surface area contributed by atoms with E-state index in [0.717, 1.165) is 36.2 Å². The molecule has 1 saturated carbocycles. The first-order chi connectivity index (χ1) is 15.8. The molecule has 1 aromatic heterocycles. The second-order valence-corrected chi connectivity index (χ2v) is 10.3. The molecular formula is C26H29F3N2O3. The average Bonchev–Trinajstić information content (AvgIpc) is 3.10. The van der Waals surface area contributed by atoms with Gasteiger partial charge in [0.05, 0.1) is 16.6 Å². The Balaban J connectivity index is 1.79. The largest absolute Gasteiger partial charge is 0.573 e. The third kappa shape index (κ3) is 5.05. The molecule has 34 heavy (non-hydrogen) atoms. The van der Waals surface area contributed by atoms with Crippen LogP contribution in [-0.2, 0) is 0 Å². The Hall–Kier alpha value is -3.03. The minimum atomic E-state index is -4.74. The third-order valence-electron chi connectivity index (χ3n) is 6.69. The highest BCUT2D eigenvalue weighted by molar-refractivity contribution is 5.92. The number of carboxylic acid groups (broad SMARTS) is 1. The molecule has 2 aromatic carbocycles. The lowest BCUT2D eigenvalue weighted by Gasteiger charge is -2.40. The fraction of sp³-hybridized carbons (Fsp3) is 0.462. The van der Waals surface area contributed by atoms with E-state index in [1.54, 1.807) is 24.3 Å². The Labute approximate surface area is 196 Å². The van der Waals surface area contributed by atoms with Crippen molar-refractivity contribution >= 4 is 17.0 Å². The van der Waals surface area contributed by atoms with E-state index in [2.05, 4.69) is 30.1 Å². The minimum absolute atomic E-state index is 0.150. The Morgan fingerprint density at radius 3 is 2.44 bits per heavy atom. The summed E-state index contributed by atoms with van der Waals surface area (Å²) < 4.78 is 43.9. The number of carboxylic acids is 1. The van der Waals surface area contributed by atoms with E-state index in [1.165, 1.54) is 12.1 Å². The molecule has 1 aliphatic rings. The van der Waals surface area contributed by atoms with Crippen molar-refractivity contribution in [2.75, 3.05) is 0 Å². The summed E-state index contributed by atoms with van der Waals surface area (Å²) in [5.41, 5.74) is 2.60. The van der Waals surface area contributed by atoms with Crippen molar-refractivity contribution in [2.45, 2.75) is 65.3 Å². The lowest BCUT2D eigenvalue weighted by molar-refractivity contribution is -0.274. The van der Waals surface area contributed by atoms with Crippen LogP contribution >= 0.6 is 0 Å². The van der Waals surface area contributed by atoms with Crippen LogP contribution in [0, 0.1) is 11.3 Å². The Morgan fingerprint density at radius 2 is 1.85 bits per heavy atom. The number of imidazole rings is 1. The van der Waals surface area contributed by atoms with Gasteiger partial charge in [0.2, 0.25) is 0 Å². The summed E-state index contributed by atoms with van der Waals surface area (Å²) in [7, 11) is 0. The van der Waals surface area contributed by atoms with E-state index in [0.29, 0.717) is 11.4 Å². The number of hydrogen-bond acceptors (Lipinski definition) is 3. The van der Waals surface area contributed by atoms with Gasteiger partial charge in [-0.1, -0.05) is 39.8 Å². The van der Waals surface area contributed by atoms with E-state index in [9.17, 15) is 23.1 Å². The zero-order valence-corrected chi connectivity index (χ0v) is 19.7. The average molecular weight is 475 g/mol. The summed E-state index contributed by atoms with van der Waals surface area (Å²) in [6, 6.07) is 11.0. The van der Waals surface area contributed by atoms with Gasteiger partial charge in [0.1, 0.15) is 11.6 Å². The second-order valence-electron chi connectivity index (χ2n) is 10.3. The van der Waals surface area contributed by atoms with Crippen LogP contribution in [0.3, 0.4) is 0 Å². The highest BCUT2D eigenvalue weighted by Gasteiger charge is 2.35. The van der Waals surface area contributed by atoms with Crippen LogP contribution in [0.5, 0.6) is 5.75 Å². The Kier molecular flexibility index (Phi) is 6.12. The van der Waals surface area contributed by atoms with Crippen LogP contribution < -0.4 is 4.74 Å². The van der Waals surface area contributed by atoms with Crippen LogP contribution in [0.25, 0.3) is 11.0 Å². The second kappa shape index (κ2) is 8.64. The molecule has 0 unspecified atom stereocenters. The predicted molar refractivity (Wildman–Crippen MR) is 123 cm³/mol. The first kappa shape index (κ1) is 24.1. The standard InChI is InChI=1S/C26H29F3N2O3/c1-15-11-19(14-25(3,4)13-15)31-22-10-7-18(24(32)33)12-21(22)30-23(31)16(2)17-5-8-20(9-6-17)34-26(27,28)29/h5-10,12,15-16,19H,11,13-14H2,1-4H3,(H,32,33)/t15-,16-,19-/m0/s1. The monoisotopic (exact) mass is 474 g/mol. The van der Waals surface area contributed by atoms with Gasteiger partial charge in [-0.2, -0.15) is 0 Å². The van der Waals surface area contributed by atoms with E-state index < -0.39 is 12.3 Å². The maximum absolute atomic E-state index is 12.5. The maximum atomic E-state index is 12.5. The molecule has 1 heterocycles. The summed E-state index contributed by atoms with van der Waals surface area (Å²) in [5.74, 6) is -0.214. The molecule has 0 spiro atoms. The van der Waals surface area contributed by atoms with Gasteiger partial charge in [-0.25, -0.2) is 9.78 Å². The lowest BCUT2D eigenvalue weighted by Crippen LogP contribution is -2.30. The number of alkyl halides is 3. The van der Waals surface area contributed by atoms with E-state index in [4.69, 9.17) is 4.98 Å². The Bertz CT molecular complexity index is 1200. The number of nitrogens with zero attached hydrogens (tertiary/aromatic N) is 2. The van der Waals surface area contributed by atoms with Crippen LogP contribution in [0.15, 0.2) is 42.5 Å². The molecule has 0 bridgehead atoms. The number of fused-ring (bicyclic) bond motifs is 1. The van der Waals surface area contributed by atoms with Gasteiger partial charge < -0.3 is 14.4 Å². The molecule has 3 atom stereocenters. The topological polar surface area (TPSA) is 64.4 Å². The number of carbonyl (C=O) groups is 1. The first-order valence-corrected chi connectivity index (χ1v) is 11.4. The molecule has 0 saturated heterocycles. The normalized spacial score (nSPS) is 21.4. The summed E-state index contributed by atoms with van der Waals surface area (Å²) in [5, 5.41) is 9.44. The molecule has 1 fully saturated rings. The van der Waals surface area contributed by atoms with Crippen molar-refractivity contribution in [2.24, 2.45) is 11.3 Å². The Morgan fingerprint density at radius 1 is 1.18 bits per heavy atom. The number of benzene rings is 2. The molecular weight excluding hydrogens is 445 g/mol. The van der Waals surface area contributed by atoms with Gasteiger partial charge in [0.15, 0.2) is 0 Å². The smallest absolute Gasteiger partial charge is 0.478 e. The first-order valence-electron chi connectivity index (χ1n) is 11.4. The molecule has 5 nitrogen and oxygen atoms in total. The highest BCUT2D eigenvalue weighted by Crippen LogP contribution is 2.46. The van der Waals surface area contributed by atoms with E-state index in [-0.39, 0.29) is 28.7 Å². The molecule has 0 radical (unpaired) electrons. The lowest BCUT2D eigenvalue weighted by atomic mass is 9.70. The molecule has 8 heteroatoms. The van der Waals surface area contributed by atoms with Gasteiger partial charge in [-0.15, -0.1) is 13.2 Å². The molecule has 1 N–H and O–H groups in total. The molecule has 1 aliphatic carbocycles. The number of ether oxygens (including phenoxy) is 1. The van der Waals surface area contributed by atoms with Gasteiger partial charge in [-0.3, -0.25) is 0 Å². The van der Waals surface area contributed by atoms with Crippen LogP contribution in [0.4, 0.5) is 13.2 Å².